The average Bonchev–Trinajstić information content (AvgIpc) is 2.77. The topological polar surface area (TPSA) is 37.3 Å². The maximum atomic E-state index is 12.4. The molecule has 0 aromatic rings. The number of allylic oxidation sites excluding steroid dienone is 1. The second kappa shape index (κ2) is 4.69. The van der Waals surface area contributed by atoms with Crippen LogP contribution in [0.1, 0.15) is 72.1 Å². The van der Waals surface area contributed by atoms with Crippen LogP contribution in [0.3, 0.4) is 0 Å². The van der Waals surface area contributed by atoms with Crippen LogP contribution in [0.15, 0.2) is 11.1 Å². The molecule has 2 nitrogen and oxygen atoms in total. The van der Waals surface area contributed by atoms with Gasteiger partial charge in [-0.1, -0.05) is 25.0 Å². The van der Waals surface area contributed by atoms with Crippen LogP contribution >= 0.6 is 0 Å². The summed E-state index contributed by atoms with van der Waals surface area (Å²) in [6.45, 7) is 7.02. The zero-order chi connectivity index (χ0) is 15.7. The van der Waals surface area contributed by atoms with E-state index in [4.69, 9.17) is 0 Å². The number of carbonyl (C=O) groups excluding carboxylic acids is 1. The van der Waals surface area contributed by atoms with Crippen molar-refractivity contribution in [1.29, 1.82) is 0 Å². The van der Waals surface area contributed by atoms with E-state index in [1.165, 1.54) is 18.4 Å². The monoisotopic (exact) mass is 302 g/mol. The van der Waals surface area contributed by atoms with Gasteiger partial charge in [-0.3, -0.25) is 4.79 Å². The molecule has 1 unspecified atom stereocenters. The summed E-state index contributed by atoms with van der Waals surface area (Å²) in [6, 6.07) is 0. The van der Waals surface area contributed by atoms with Gasteiger partial charge in [0.2, 0.25) is 0 Å². The lowest BCUT2D eigenvalue weighted by molar-refractivity contribution is -0.132. The molecule has 1 N–H and O–H groups in total. The predicted molar refractivity (Wildman–Crippen MR) is 87.3 cm³/mol. The third kappa shape index (κ3) is 1.79. The molecule has 4 aliphatic rings. The number of aliphatic hydroxyl groups is 1. The molecule has 122 valence electrons. The van der Waals surface area contributed by atoms with Crippen LogP contribution in [0.5, 0.6) is 0 Å². The van der Waals surface area contributed by atoms with Crippen LogP contribution in [0.4, 0.5) is 0 Å². The van der Waals surface area contributed by atoms with Crippen molar-refractivity contribution < 1.29 is 9.90 Å². The summed E-state index contributed by atoms with van der Waals surface area (Å²) in [5.74, 6) is 2.59. The first-order valence-corrected chi connectivity index (χ1v) is 9.27. The predicted octanol–water partition coefficient (Wildman–Crippen LogP) is 4.27. The van der Waals surface area contributed by atoms with E-state index < -0.39 is 0 Å². The molecule has 22 heavy (non-hydrogen) atoms. The maximum Gasteiger partial charge on any atom is 0.139 e. The summed E-state index contributed by atoms with van der Waals surface area (Å²) >= 11 is 0. The van der Waals surface area contributed by atoms with E-state index in [9.17, 15) is 9.90 Å². The van der Waals surface area contributed by atoms with Crippen molar-refractivity contribution in [2.24, 2.45) is 28.6 Å². The standard InChI is InChI=1S/C20H30O2/c1-12-10-14-15-4-5-18(22)20(15,3)9-7-16(14)19(2)8-6-13(21)11-17(12)19/h13-16,21H,4-11H2,1-3H3/t13?,14-,15-,16+,19+,20-/m0/s1. The van der Waals surface area contributed by atoms with Crippen LogP contribution < -0.4 is 0 Å². The molecule has 0 aromatic heterocycles. The summed E-state index contributed by atoms with van der Waals surface area (Å²) < 4.78 is 0. The van der Waals surface area contributed by atoms with E-state index in [0.717, 1.165) is 44.4 Å². The zero-order valence-corrected chi connectivity index (χ0v) is 14.3. The Kier molecular flexibility index (Phi) is 3.18. The van der Waals surface area contributed by atoms with Crippen molar-refractivity contribution >= 4 is 5.78 Å². The van der Waals surface area contributed by atoms with Gasteiger partial charge in [0, 0.05) is 11.8 Å². The third-order valence-corrected chi connectivity index (χ3v) is 8.15. The summed E-state index contributed by atoms with van der Waals surface area (Å²) in [6.07, 6.45) is 8.29. The van der Waals surface area contributed by atoms with E-state index in [1.807, 2.05) is 0 Å². The zero-order valence-electron chi connectivity index (χ0n) is 14.3. The van der Waals surface area contributed by atoms with Crippen LogP contribution in [-0.2, 0) is 4.79 Å². The van der Waals surface area contributed by atoms with Gasteiger partial charge in [-0.05, 0) is 75.0 Å². The van der Waals surface area contributed by atoms with E-state index in [1.54, 1.807) is 5.57 Å². The molecular formula is C20H30O2. The summed E-state index contributed by atoms with van der Waals surface area (Å²) in [4.78, 5) is 12.4. The van der Waals surface area contributed by atoms with Crippen LogP contribution in [0.2, 0.25) is 0 Å². The lowest BCUT2D eigenvalue weighted by Crippen LogP contribution is -2.51. The summed E-state index contributed by atoms with van der Waals surface area (Å²) in [5, 5.41) is 10.1. The quantitative estimate of drug-likeness (QED) is 0.679. The molecule has 6 atom stereocenters. The van der Waals surface area contributed by atoms with Gasteiger partial charge in [0.15, 0.2) is 0 Å². The first-order chi connectivity index (χ1) is 10.4. The first-order valence-electron chi connectivity index (χ1n) is 9.27. The number of hydrogen-bond donors (Lipinski definition) is 1. The lowest BCUT2D eigenvalue weighted by Gasteiger charge is -2.57. The van der Waals surface area contributed by atoms with Gasteiger partial charge in [0.1, 0.15) is 5.78 Å². The number of Topliss-reactive ketones (excluding diaryl/α,β-unsaturated/α-hetero) is 1. The van der Waals surface area contributed by atoms with Crippen molar-refractivity contribution in [2.75, 3.05) is 0 Å². The lowest BCUT2D eigenvalue weighted by atomic mass is 9.47. The smallest absolute Gasteiger partial charge is 0.139 e. The molecule has 3 saturated carbocycles. The number of fused-ring (bicyclic) bond motifs is 5. The van der Waals surface area contributed by atoms with Gasteiger partial charge in [-0.2, -0.15) is 0 Å². The highest BCUT2D eigenvalue weighted by molar-refractivity contribution is 5.87. The number of aliphatic hydroxyl groups excluding tert-OH is 1. The number of ketones is 1. The van der Waals surface area contributed by atoms with E-state index in [0.29, 0.717) is 23.0 Å². The maximum absolute atomic E-state index is 12.4. The van der Waals surface area contributed by atoms with Crippen molar-refractivity contribution in [2.45, 2.75) is 78.2 Å². The van der Waals surface area contributed by atoms with Crippen molar-refractivity contribution in [3.8, 4) is 0 Å². The van der Waals surface area contributed by atoms with Gasteiger partial charge in [0.05, 0.1) is 6.10 Å². The Labute approximate surface area is 134 Å². The Morgan fingerprint density at radius 1 is 1.00 bits per heavy atom. The highest BCUT2D eigenvalue weighted by atomic mass is 16.3. The Balaban J connectivity index is 1.74. The van der Waals surface area contributed by atoms with Crippen LogP contribution in [0, 0.1) is 28.6 Å². The number of carbonyl (C=O) groups is 1. The van der Waals surface area contributed by atoms with Crippen molar-refractivity contribution in [3.63, 3.8) is 0 Å². The summed E-state index contributed by atoms with van der Waals surface area (Å²) in [7, 11) is 0. The summed E-state index contributed by atoms with van der Waals surface area (Å²) in [5.41, 5.74) is 3.37. The van der Waals surface area contributed by atoms with E-state index >= 15 is 0 Å². The minimum atomic E-state index is -0.128. The molecule has 0 aliphatic heterocycles. The molecule has 0 aromatic carbocycles. The molecular weight excluding hydrogens is 272 g/mol. The van der Waals surface area contributed by atoms with E-state index in [-0.39, 0.29) is 11.5 Å². The SMILES string of the molecule is CC1=C2CC(O)CC[C@]2(C)[C@@H]2CC[C@]3(C)C(=O)CC[C@H]3[C@@H]2C1. The fourth-order valence-corrected chi connectivity index (χ4v) is 6.87. The van der Waals surface area contributed by atoms with Crippen molar-refractivity contribution in [1.82, 2.24) is 0 Å². The molecule has 2 heteroatoms. The molecule has 0 saturated heterocycles. The Morgan fingerprint density at radius 2 is 1.68 bits per heavy atom. The van der Waals surface area contributed by atoms with Crippen LogP contribution in [0.25, 0.3) is 0 Å². The fourth-order valence-electron chi connectivity index (χ4n) is 6.87. The van der Waals surface area contributed by atoms with Crippen molar-refractivity contribution in [3.05, 3.63) is 11.1 Å². The van der Waals surface area contributed by atoms with E-state index in [2.05, 4.69) is 20.8 Å². The molecule has 4 rings (SSSR count). The molecule has 3 fully saturated rings. The number of rotatable bonds is 0. The number of hydrogen-bond acceptors (Lipinski definition) is 2. The minimum Gasteiger partial charge on any atom is -0.393 e. The normalized spacial score (nSPS) is 51.4. The Hall–Kier alpha value is -0.630. The van der Waals surface area contributed by atoms with Gasteiger partial charge in [0.25, 0.3) is 0 Å². The Bertz CT molecular complexity index is 548. The second-order valence-electron chi connectivity index (χ2n) is 9.07. The molecule has 0 amide bonds. The van der Waals surface area contributed by atoms with Gasteiger partial charge >= 0.3 is 0 Å². The first kappa shape index (κ1) is 14.9. The largest absolute Gasteiger partial charge is 0.393 e. The van der Waals surface area contributed by atoms with Gasteiger partial charge in [-0.25, -0.2) is 0 Å². The minimum absolute atomic E-state index is 0.0243. The molecule has 0 radical (unpaired) electrons. The van der Waals surface area contributed by atoms with Gasteiger partial charge in [-0.15, -0.1) is 0 Å². The highest BCUT2D eigenvalue weighted by Gasteiger charge is 2.59. The van der Waals surface area contributed by atoms with Crippen LogP contribution in [-0.4, -0.2) is 17.0 Å². The second-order valence-corrected chi connectivity index (χ2v) is 9.07. The fraction of sp³-hybridized carbons (Fsp3) is 0.850. The highest BCUT2D eigenvalue weighted by Crippen LogP contribution is 2.65. The molecule has 4 aliphatic carbocycles. The molecule has 0 heterocycles. The Morgan fingerprint density at radius 3 is 2.45 bits per heavy atom. The third-order valence-electron chi connectivity index (χ3n) is 8.15. The molecule has 0 bridgehead atoms. The molecule has 0 spiro atoms. The average molecular weight is 302 g/mol. The van der Waals surface area contributed by atoms with Gasteiger partial charge < -0.3 is 5.11 Å².